The Kier molecular flexibility index (Phi) is 5.30. The van der Waals surface area contributed by atoms with Gasteiger partial charge in [-0.1, -0.05) is 45.2 Å². The lowest BCUT2D eigenvalue weighted by Crippen LogP contribution is -2.04. The van der Waals surface area contributed by atoms with Crippen molar-refractivity contribution in [1.82, 2.24) is 0 Å². The molecule has 0 saturated heterocycles. The first-order valence-corrected chi connectivity index (χ1v) is 6.41. The van der Waals surface area contributed by atoms with E-state index < -0.39 is 0 Å². The van der Waals surface area contributed by atoms with E-state index in [0.29, 0.717) is 10.4 Å². The van der Waals surface area contributed by atoms with Crippen LogP contribution in [0, 0.1) is 11.7 Å². The second-order valence-electron chi connectivity index (χ2n) is 3.98. The molecular formula is C13H18BrF. The molecule has 0 radical (unpaired) electrons. The van der Waals surface area contributed by atoms with Crippen molar-refractivity contribution in [3.63, 3.8) is 0 Å². The second kappa shape index (κ2) is 6.26. The zero-order valence-corrected chi connectivity index (χ0v) is 11.0. The van der Waals surface area contributed by atoms with E-state index >= 15 is 0 Å². The predicted molar refractivity (Wildman–Crippen MR) is 66.5 cm³/mol. The van der Waals surface area contributed by atoms with E-state index in [1.165, 1.54) is 18.9 Å². The number of rotatable bonds is 5. The van der Waals surface area contributed by atoms with E-state index in [-0.39, 0.29) is 5.82 Å². The normalized spacial score (nSPS) is 12.8. The molecule has 0 fully saturated rings. The Morgan fingerprint density at radius 3 is 2.67 bits per heavy atom. The van der Waals surface area contributed by atoms with Crippen LogP contribution in [0.1, 0.15) is 38.7 Å². The highest BCUT2D eigenvalue weighted by molar-refractivity contribution is 9.10. The maximum Gasteiger partial charge on any atom is 0.137 e. The number of benzene rings is 1. The summed E-state index contributed by atoms with van der Waals surface area (Å²) in [7, 11) is 0. The minimum absolute atomic E-state index is 0.154. The summed E-state index contributed by atoms with van der Waals surface area (Å²) in [5.74, 6) is 0.520. The van der Waals surface area contributed by atoms with Gasteiger partial charge < -0.3 is 0 Å². The molecule has 1 aromatic carbocycles. The summed E-state index contributed by atoms with van der Waals surface area (Å²) in [6, 6.07) is 5.29. The molecule has 0 aromatic heterocycles. The quantitative estimate of drug-likeness (QED) is 0.711. The van der Waals surface area contributed by atoms with Gasteiger partial charge in [-0.05, 0) is 39.9 Å². The molecule has 1 atom stereocenters. The van der Waals surface area contributed by atoms with E-state index in [4.69, 9.17) is 0 Å². The Balaban J connectivity index is 2.74. The van der Waals surface area contributed by atoms with Crippen LogP contribution in [0.5, 0.6) is 0 Å². The van der Waals surface area contributed by atoms with Crippen molar-refractivity contribution >= 4 is 15.9 Å². The molecule has 0 saturated carbocycles. The number of hydrogen-bond acceptors (Lipinski definition) is 0. The van der Waals surface area contributed by atoms with Crippen molar-refractivity contribution in [2.45, 2.75) is 39.5 Å². The van der Waals surface area contributed by atoms with Crippen molar-refractivity contribution in [3.05, 3.63) is 34.1 Å². The first-order valence-electron chi connectivity index (χ1n) is 5.61. The first-order chi connectivity index (χ1) is 7.19. The molecule has 0 amide bonds. The van der Waals surface area contributed by atoms with Crippen LogP contribution in [0.25, 0.3) is 0 Å². The average Bonchev–Trinajstić information content (AvgIpc) is 2.24. The molecule has 1 rings (SSSR count). The minimum Gasteiger partial charge on any atom is -0.206 e. The Labute approximate surface area is 100 Å². The summed E-state index contributed by atoms with van der Waals surface area (Å²) >= 11 is 3.31. The Bertz CT molecular complexity index is 309. The van der Waals surface area contributed by atoms with E-state index in [1.807, 2.05) is 6.07 Å². The topological polar surface area (TPSA) is 0 Å². The summed E-state index contributed by atoms with van der Waals surface area (Å²) in [5, 5.41) is 0. The van der Waals surface area contributed by atoms with Crippen molar-refractivity contribution in [2.24, 2.45) is 5.92 Å². The highest BCUT2D eigenvalue weighted by atomic mass is 79.9. The fourth-order valence-corrected chi connectivity index (χ4v) is 2.30. The highest BCUT2D eigenvalue weighted by Crippen LogP contribution is 2.25. The maximum atomic E-state index is 13.3. The van der Waals surface area contributed by atoms with Gasteiger partial charge in [0.25, 0.3) is 0 Å². The molecule has 1 unspecified atom stereocenters. The van der Waals surface area contributed by atoms with Gasteiger partial charge in [0.05, 0.1) is 4.47 Å². The van der Waals surface area contributed by atoms with Gasteiger partial charge in [-0.15, -0.1) is 0 Å². The van der Waals surface area contributed by atoms with Gasteiger partial charge in [0.1, 0.15) is 5.82 Å². The summed E-state index contributed by atoms with van der Waals surface area (Å²) in [5.41, 5.74) is 1.09. The Hall–Kier alpha value is -0.370. The highest BCUT2D eigenvalue weighted by Gasteiger charge is 2.10. The fraction of sp³-hybridized carbons (Fsp3) is 0.538. The number of hydrogen-bond donors (Lipinski definition) is 0. The third kappa shape index (κ3) is 3.60. The fourth-order valence-electron chi connectivity index (χ4n) is 1.88. The molecule has 0 heterocycles. The summed E-state index contributed by atoms with van der Waals surface area (Å²) < 4.78 is 13.9. The second-order valence-corrected chi connectivity index (χ2v) is 4.77. The van der Waals surface area contributed by atoms with Crippen LogP contribution in [-0.2, 0) is 6.42 Å². The molecular weight excluding hydrogens is 255 g/mol. The largest absolute Gasteiger partial charge is 0.206 e. The van der Waals surface area contributed by atoms with Crippen LogP contribution in [-0.4, -0.2) is 0 Å². The van der Waals surface area contributed by atoms with Crippen LogP contribution >= 0.6 is 15.9 Å². The van der Waals surface area contributed by atoms with Crippen LogP contribution in [0.3, 0.4) is 0 Å². The van der Waals surface area contributed by atoms with Gasteiger partial charge >= 0.3 is 0 Å². The van der Waals surface area contributed by atoms with E-state index in [2.05, 4.69) is 29.8 Å². The van der Waals surface area contributed by atoms with Crippen molar-refractivity contribution in [1.29, 1.82) is 0 Å². The molecule has 84 valence electrons. The lowest BCUT2D eigenvalue weighted by Gasteiger charge is -2.14. The van der Waals surface area contributed by atoms with E-state index in [0.717, 1.165) is 18.4 Å². The monoisotopic (exact) mass is 272 g/mol. The molecule has 0 N–H and O–H groups in total. The minimum atomic E-state index is -0.154. The molecule has 15 heavy (non-hydrogen) atoms. The Morgan fingerprint density at radius 2 is 2.07 bits per heavy atom. The van der Waals surface area contributed by atoms with Crippen LogP contribution in [0.15, 0.2) is 22.7 Å². The van der Waals surface area contributed by atoms with Gasteiger partial charge in [0, 0.05) is 0 Å². The zero-order valence-electron chi connectivity index (χ0n) is 9.39. The zero-order chi connectivity index (χ0) is 11.3. The molecule has 2 heteroatoms. The molecule has 0 aliphatic heterocycles. The van der Waals surface area contributed by atoms with E-state index in [9.17, 15) is 4.39 Å². The molecule has 0 spiro atoms. The molecule has 0 bridgehead atoms. The number of halogens is 2. The lowest BCUT2D eigenvalue weighted by molar-refractivity contribution is 0.460. The van der Waals surface area contributed by atoms with Crippen LogP contribution in [0.2, 0.25) is 0 Å². The lowest BCUT2D eigenvalue weighted by atomic mass is 9.93. The van der Waals surface area contributed by atoms with Crippen molar-refractivity contribution in [2.75, 3.05) is 0 Å². The maximum absolute atomic E-state index is 13.3. The van der Waals surface area contributed by atoms with Gasteiger partial charge in [-0.3, -0.25) is 0 Å². The Morgan fingerprint density at radius 1 is 1.33 bits per heavy atom. The smallest absolute Gasteiger partial charge is 0.137 e. The van der Waals surface area contributed by atoms with Gasteiger partial charge in [0.2, 0.25) is 0 Å². The molecule has 0 aliphatic rings. The van der Waals surface area contributed by atoms with Gasteiger partial charge in [-0.2, -0.15) is 0 Å². The van der Waals surface area contributed by atoms with Crippen LogP contribution < -0.4 is 0 Å². The SMILES string of the molecule is CCCC(CC)Cc1cccc(F)c1Br. The average molecular weight is 273 g/mol. The van der Waals surface area contributed by atoms with Crippen molar-refractivity contribution < 1.29 is 4.39 Å². The molecule has 1 aromatic rings. The standard InChI is InChI=1S/C13H18BrF/c1-3-6-10(4-2)9-11-7-5-8-12(15)13(11)14/h5,7-8,10H,3-4,6,9H2,1-2H3. The third-order valence-electron chi connectivity index (χ3n) is 2.81. The van der Waals surface area contributed by atoms with E-state index in [1.54, 1.807) is 6.07 Å². The predicted octanol–water partition coefficient (Wildman–Crippen LogP) is 4.96. The first kappa shape index (κ1) is 12.7. The molecule has 0 aliphatic carbocycles. The van der Waals surface area contributed by atoms with Gasteiger partial charge in [0.15, 0.2) is 0 Å². The third-order valence-corrected chi connectivity index (χ3v) is 3.70. The van der Waals surface area contributed by atoms with Gasteiger partial charge in [-0.25, -0.2) is 4.39 Å². The van der Waals surface area contributed by atoms with Crippen LogP contribution in [0.4, 0.5) is 4.39 Å². The summed E-state index contributed by atoms with van der Waals surface area (Å²) in [6.45, 7) is 4.40. The van der Waals surface area contributed by atoms with Crippen molar-refractivity contribution in [3.8, 4) is 0 Å². The summed E-state index contributed by atoms with van der Waals surface area (Å²) in [6.07, 6.45) is 4.56. The summed E-state index contributed by atoms with van der Waals surface area (Å²) in [4.78, 5) is 0. The molecule has 0 nitrogen and oxygen atoms in total.